The van der Waals surface area contributed by atoms with Crippen LogP contribution in [0.4, 0.5) is 0 Å². The van der Waals surface area contributed by atoms with Crippen LogP contribution in [0.25, 0.3) is 0 Å². The Morgan fingerprint density at radius 3 is 2.63 bits per heavy atom. The van der Waals surface area contributed by atoms with Crippen molar-refractivity contribution in [3.8, 4) is 11.9 Å². The number of nitrogens with two attached hydrogens (primary N) is 1. The lowest BCUT2D eigenvalue weighted by Gasteiger charge is -2.10. The number of pyridine rings is 1. The third kappa shape index (κ3) is 2.90. The predicted octanol–water partition coefficient (Wildman–Crippen LogP) is 2.12. The first-order valence-electron chi connectivity index (χ1n) is 6.33. The van der Waals surface area contributed by atoms with E-state index in [9.17, 15) is 0 Å². The summed E-state index contributed by atoms with van der Waals surface area (Å²) in [5.74, 6) is 1.23. The van der Waals surface area contributed by atoms with Gasteiger partial charge < -0.3 is 10.5 Å². The molecule has 2 rings (SSSR count). The Morgan fingerprint density at radius 2 is 2.05 bits per heavy atom. The zero-order valence-electron chi connectivity index (χ0n) is 11.7. The van der Waals surface area contributed by atoms with Crippen LogP contribution in [-0.2, 0) is 6.54 Å². The van der Waals surface area contributed by atoms with Gasteiger partial charge in [-0.15, -0.1) is 5.10 Å². The van der Waals surface area contributed by atoms with Crippen LogP contribution in [0.5, 0.6) is 11.9 Å². The van der Waals surface area contributed by atoms with E-state index >= 15 is 0 Å². The maximum Gasteiger partial charge on any atom is 0.323 e. The topological polar surface area (TPSA) is 78.8 Å². The maximum absolute atomic E-state index is 5.85. The van der Waals surface area contributed by atoms with Gasteiger partial charge in [0.25, 0.3) is 0 Å². The Labute approximate surface area is 112 Å². The highest BCUT2D eigenvalue weighted by molar-refractivity contribution is 5.25. The third-order valence-corrected chi connectivity index (χ3v) is 2.74. The number of aromatic nitrogens is 4. The van der Waals surface area contributed by atoms with Gasteiger partial charge in [-0.05, 0) is 39.3 Å². The summed E-state index contributed by atoms with van der Waals surface area (Å²) in [6.45, 7) is 8.49. The van der Waals surface area contributed by atoms with Gasteiger partial charge in [0.15, 0.2) is 5.82 Å². The zero-order valence-corrected chi connectivity index (χ0v) is 11.7. The van der Waals surface area contributed by atoms with E-state index in [1.54, 1.807) is 0 Å². The first-order chi connectivity index (χ1) is 9.01. The van der Waals surface area contributed by atoms with Crippen LogP contribution in [0.2, 0.25) is 0 Å². The van der Waals surface area contributed by atoms with E-state index in [1.807, 2.05) is 44.4 Å². The molecule has 2 N–H and O–H groups in total. The molecule has 0 unspecified atom stereocenters. The minimum absolute atomic E-state index is 0.183. The van der Waals surface area contributed by atoms with Crippen LogP contribution in [0, 0.1) is 13.8 Å². The van der Waals surface area contributed by atoms with Gasteiger partial charge in [0.2, 0.25) is 5.88 Å². The summed E-state index contributed by atoms with van der Waals surface area (Å²) in [7, 11) is 0. The second-order valence-electron chi connectivity index (χ2n) is 4.60. The molecule has 0 aliphatic carbocycles. The number of ether oxygens (including phenoxy) is 1. The van der Waals surface area contributed by atoms with E-state index in [-0.39, 0.29) is 6.04 Å². The summed E-state index contributed by atoms with van der Waals surface area (Å²) in [5, 5.41) is 8.10. The van der Waals surface area contributed by atoms with Gasteiger partial charge in [-0.25, -0.2) is 4.98 Å². The summed E-state index contributed by atoms with van der Waals surface area (Å²) in [4.78, 5) is 4.32. The lowest BCUT2D eigenvalue weighted by atomic mass is 10.2. The molecule has 2 aromatic rings. The highest BCUT2D eigenvalue weighted by Crippen LogP contribution is 2.21. The average molecular weight is 261 g/mol. The fourth-order valence-electron chi connectivity index (χ4n) is 1.96. The van der Waals surface area contributed by atoms with Crippen molar-refractivity contribution in [2.24, 2.45) is 5.73 Å². The molecule has 102 valence electrons. The predicted molar refractivity (Wildman–Crippen MR) is 72.1 cm³/mol. The molecular weight excluding hydrogens is 242 g/mol. The minimum Gasteiger partial charge on any atom is -0.405 e. The first-order valence-corrected chi connectivity index (χ1v) is 6.33. The van der Waals surface area contributed by atoms with Crippen molar-refractivity contribution in [1.29, 1.82) is 0 Å². The van der Waals surface area contributed by atoms with Gasteiger partial charge in [-0.3, -0.25) is 4.57 Å². The number of rotatable bonds is 4. The normalized spacial score (nSPS) is 12.5. The Morgan fingerprint density at radius 1 is 1.32 bits per heavy atom. The van der Waals surface area contributed by atoms with E-state index in [1.165, 1.54) is 0 Å². The average Bonchev–Trinajstić information content (AvgIpc) is 2.70. The number of aryl methyl sites for hydroxylation is 2. The monoisotopic (exact) mass is 261 g/mol. The first kappa shape index (κ1) is 13.5. The van der Waals surface area contributed by atoms with Gasteiger partial charge >= 0.3 is 6.01 Å². The van der Waals surface area contributed by atoms with Gasteiger partial charge in [0, 0.05) is 18.3 Å². The van der Waals surface area contributed by atoms with E-state index in [4.69, 9.17) is 10.5 Å². The zero-order chi connectivity index (χ0) is 14.0. The van der Waals surface area contributed by atoms with Crippen LogP contribution in [0.3, 0.4) is 0 Å². The van der Waals surface area contributed by atoms with Crippen LogP contribution in [-0.4, -0.2) is 19.7 Å². The summed E-state index contributed by atoms with van der Waals surface area (Å²) in [6.07, 6.45) is 0. The molecular formula is C13H19N5O. The summed E-state index contributed by atoms with van der Waals surface area (Å²) in [5.41, 5.74) is 7.85. The molecule has 0 spiro atoms. The molecule has 0 aliphatic rings. The largest absolute Gasteiger partial charge is 0.405 e. The molecule has 0 amide bonds. The third-order valence-electron chi connectivity index (χ3n) is 2.74. The van der Waals surface area contributed by atoms with E-state index in [0.29, 0.717) is 24.3 Å². The molecule has 0 aliphatic heterocycles. The molecule has 19 heavy (non-hydrogen) atoms. The highest BCUT2D eigenvalue weighted by atomic mass is 16.5. The van der Waals surface area contributed by atoms with Crippen molar-refractivity contribution in [3.05, 3.63) is 29.2 Å². The van der Waals surface area contributed by atoms with E-state index in [2.05, 4.69) is 15.2 Å². The Balaban J connectivity index is 2.33. The summed E-state index contributed by atoms with van der Waals surface area (Å²) >= 11 is 0. The van der Waals surface area contributed by atoms with Gasteiger partial charge in [0.1, 0.15) is 0 Å². The standard InChI is InChI=1S/C13H19N5O/c1-5-18-12(10(4)14)16-17-13(18)19-11-7-8(2)6-9(3)15-11/h6-7,10H,5,14H2,1-4H3/t10-/m1/s1. The molecule has 2 heterocycles. The maximum atomic E-state index is 5.85. The second-order valence-corrected chi connectivity index (χ2v) is 4.60. The Bertz CT molecular complexity index is 556. The van der Waals surface area contributed by atoms with Crippen LogP contribution in [0.15, 0.2) is 12.1 Å². The molecule has 6 heteroatoms. The van der Waals surface area contributed by atoms with E-state index in [0.717, 1.165) is 11.3 Å². The molecule has 0 fully saturated rings. The van der Waals surface area contributed by atoms with Crippen molar-refractivity contribution in [3.63, 3.8) is 0 Å². The molecule has 6 nitrogen and oxygen atoms in total. The summed E-state index contributed by atoms with van der Waals surface area (Å²) < 4.78 is 7.57. The Hall–Kier alpha value is -1.95. The molecule has 0 bridgehead atoms. The van der Waals surface area contributed by atoms with Crippen LogP contribution < -0.4 is 10.5 Å². The second kappa shape index (κ2) is 5.36. The molecule has 0 saturated heterocycles. The molecule has 2 aromatic heterocycles. The van der Waals surface area contributed by atoms with Crippen molar-refractivity contribution in [2.45, 2.75) is 40.3 Å². The molecule has 0 saturated carbocycles. The number of hydrogen-bond acceptors (Lipinski definition) is 5. The Kier molecular flexibility index (Phi) is 3.80. The molecule has 0 radical (unpaired) electrons. The number of hydrogen-bond donors (Lipinski definition) is 1. The SMILES string of the molecule is CCn1c(Oc2cc(C)cc(C)n2)nnc1[C@@H](C)N. The van der Waals surface area contributed by atoms with Crippen molar-refractivity contribution < 1.29 is 4.74 Å². The molecule has 1 atom stereocenters. The smallest absolute Gasteiger partial charge is 0.323 e. The van der Waals surface area contributed by atoms with Crippen molar-refractivity contribution in [1.82, 2.24) is 19.7 Å². The van der Waals surface area contributed by atoms with E-state index < -0.39 is 0 Å². The van der Waals surface area contributed by atoms with Crippen molar-refractivity contribution >= 4 is 0 Å². The van der Waals surface area contributed by atoms with Crippen LogP contribution >= 0.6 is 0 Å². The lowest BCUT2D eigenvalue weighted by molar-refractivity contribution is 0.394. The molecule has 0 aromatic carbocycles. The quantitative estimate of drug-likeness (QED) is 0.912. The summed E-state index contributed by atoms with van der Waals surface area (Å²) in [6, 6.07) is 4.10. The van der Waals surface area contributed by atoms with Crippen LogP contribution in [0.1, 0.15) is 37.0 Å². The van der Waals surface area contributed by atoms with Crippen molar-refractivity contribution in [2.75, 3.05) is 0 Å². The lowest BCUT2D eigenvalue weighted by Crippen LogP contribution is -2.13. The number of nitrogens with zero attached hydrogens (tertiary/aromatic N) is 4. The van der Waals surface area contributed by atoms with Gasteiger partial charge in [-0.1, -0.05) is 5.10 Å². The van der Waals surface area contributed by atoms with Gasteiger partial charge in [-0.2, -0.15) is 0 Å². The highest BCUT2D eigenvalue weighted by Gasteiger charge is 2.16. The fourth-order valence-corrected chi connectivity index (χ4v) is 1.96. The minimum atomic E-state index is -0.183. The van der Waals surface area contributed by atoms with Gasteiger partial charge in [0.05, 0.1) is 6.04 Å². The fraction of sp³-hybridized carbons (Fsp3) is 0.462.